The van der Waals surface area contributed by atoms with E-state index in [4.69, 9.17) is 9.53 Å². The Morgan fingerprint density at radius 3 is 2.33 bits per heavy atom. The molecule has 2 aromatic rings. The number of carbonyl (C=O) groups excluding carboxylic acids is 1. The van der Waals surface area contributed by atoms with Gasteiger partial charge in [-0.05, 0) is 18.2 Å². The first-order chi connectivity index (χ1) is 12.8. The summed E-state index contributed by atoms with van der Waals surface area (Å²) in [7, 11) is 1.76. The Kier molecular flexibility index (Phi) is 11.8. The number of nitrogens with two attached hydrogens (primary N) is 1. The molecule has 2 rings (SSSR count). The molecule has 0 fully saturated rings. The summed E-state index contributed by atoms with van der Waals surface area (Å²) >= 11 is 3.39. The van der Waals surface area contributed by atoms with Crippen LogP contribution in [0.25, 0.3) is 0 Å². The number of hydrazine groups is 1. The molecule has 4 N–H and O–H groups in total. The van der Waals surface area contributed by atoms with Gasteiger partial charge in [-0.15, -0.1) is 0 Å². The van der Waals surface area contributed by atoms with Crippen LogP contribution in [0.4, 0.5) is 18.9 Å². The Morgan fingerprint density at radius 1 is 1.22 bits per heavy atom. The van der Waals surface area contributed by atoms with Gasteiger partial charge in [0.2, 0.25) is 12.3 Å². The van der Waals surface area contributed by atoms with Crippen LogP contribution in [-0.2, 0) is 17.6 Å². The standard InChI is InChI=1S/C14H12BrF3N2O.C2H6.CH4N2O/c1-19-11-5-2-4-10(15)9(11)8-21-13-7-3-6-12(20-13)14(16,17)18;1-2;2-3-1-4/h2-7,19H,8H2,1H3;1-2H3;1H,2H2,(H,3,4). The summed E-state index contributed by atoms with van der Waals surface area (Å²) in [6, 6.07) is 9.10. The van der Waals surface area contributed by atoms with Crippen LogP contribution in [0.3, 0.4) is 0 Å². The number of pyridine rings is 1. The molecule has 1 heterocycles. The van der Waals surface area contributed by atoms with Crippen molar-refractivity contribution in [3.8, 4) is 5.88 Å². The zero-order valence-corrected chi connectivity index (χ0v) is 16.7. The topological polar surface area (TPSA) is 89.3 Å². The lowest BCUT2D eigenvalue weighted by atomic mass is 10.2. The summed E-state index contributed by atoms with van der Waals surface area (Å²) in [5, 5.41) is 3.00. The largest absolute Gasteiger partial charge is 0.473 e. The van der Waals surface area contributed by atoms with Crippen LogP contribution >= 0.6 is 15.9 Å². The molecule has 1 aromatic heterocycles. The highest BCUT2D eigenvalue weighted by molar-refractivity contribution is 9.10. The van der Waals surface area contributed by atoms with Gasteiger partial charge in [-0.2, -0.15) is 13.2 Å². The number of nitrogens with one attached hydrogen (secondary N) is 2. The molecule has 0 saturated heterocycles. The maximum absolute atomic E-state index is 12.6. The zero-order chi connectivity index (χ0) is 20.9. The predicted octanol–water partition coefficient (Wildman–Crippen LogP) is 4.12. The maximum atomic E-state index is 12.6. The number of benzene rings is 1. The highest BCUT2D eigenvalue weighted by Gasteiger charge is 2.32. The number of carbonyl (C=O) groups is 1. The lowest BCUT2D eigenvalue weighted by Gasteiger charge is -2.13. The molecular formula is C17H22BrF3N4O2. The summed E-state index contributed by atoms with van der Waals surface area (Å²) in [4.78, 5) is 12.4. The number of hydrogen-bond acceptors (Lipinski definition) is 5. The molecule has 0 aliphatic heterocycles. The van der Waals surface area contributed by atoms with Gasteiger partial charge >= 0.3 is 6.18 Å². The molecule has 0 radical (unpaired) electrons. The number of halogens is 4. The lowest BCUT2D eigenvalue weighted by Crippen LogP contribution is -2.18. The smallest absolute Gasteiger partial charge is 0.433 e. The fraction of sp³-hybridized carbons (Fsp3) is 0.294. The predicted molar refractivity (Wildman–Crippen MR) is 102 cm³/mol. The molecule has 27 heavy (non-hydrogen) atoms. The van der Waals surface area contributed by atoms with Gasteiger partial charge in [-0.3, -0.25) is 10.2 Å². The molecule has 0 unspecified atom stereocenters. The van der Waals surface area contributed by atoms with Gasteiger partial charge in [0.15, 0.2) is 0 Å². The van der Waals surface area contributed by atoms with Crippen LogP contribution in [-0.4, -0.2) is 18.4 Å². The molecule has 1 aromatic carbocycles. The first-order valence-corrected chi connectivity index (χ1v) is 8.64. The molecule has 0 aliphatic carbocycles. The average Bonchev–Trinajstić information content (AvgIpc) is 2.68. The SMILES string of the molecule is CC.CNc1cccc(Br)c1COc1cccc(C(F)(F)F)n1.NNC=O. The minimum absolute atomic E-state index is 0.0670. The molecule has 0 saturated carbocycles. The number of anilines is 1. The van der Waals surface area contributed by atoms with Gasteiger partial charge in [-0.25, -0.2) is 10.8 Å². The Balaban J connectivity index is 0.000000998. The molecule has 0 spiro atoms. The molecule has 1 amide bonds. The Morgan fingerprint density at radius 2 is 1.81 bits per heavy atom. The van der Waals surface area contributed by atoms with E-state index in [1.54, 1.807) is 12.5 Å². The molecular weight excluding hydrogens is 429 g/mol. The summed E-state index contributed by atoms with van der Waals surface area (Å²) in [5.41, 5.74) is 2.41. The number of aromatic nitrogens is 1. The molecule has 6 nitrogen and oxygen atoms in total. The van der Waals surface area contributed by atoms with Crippen LogP contribution in [0.2, 0.25) is 0 Å². The second-order valence-corrected chi connectivity index (χ2v) is 5.30. The number of alkyl halides is 3. The fourth-order valence-corrected chi connectivity index (χ4v) is 2.22. The van der Waals surface area contributed by atoms with E-state index in [9.17, 15) is 13.2 Å². The zero-order valence-electron chi connectivity index (χ0n) is 15.1. The molecule has 0 atom stereocenters. The highest BCUT2D eigenvalue weighted by atomic mass is 79.9. The third kappa shape index (κ3) is 8.74. The number of rotatable bonds is 5. The lowest BCUT2D eigenvalue weighted by molar-refractivity contribution is -0.141. The normalized spacial score (nSPS) is 9.78. The van der Waals surface area contributed by atoms with Crippen LogP contribution in [0, 0.1) is 0 Å². The van der Waals surface area contributed by atoms with E-state index >= 15 is 0 Å². The van der Waals surface area contributed by atoms with Gasteiger partial charge in [0.1, 0.15) is 12.3 Å². The van der Waals surface area contributed by atoms with Gasteiger partial charge < -0.3 is 10.1 Å². The van der Waals surface area contributed by atoms with E-state index in [2.05, 4.69) is 32.1 Å². The second kappa shape index (κ2) is 12.9. The minimum Gasteiger partial charge on any atom is -0.473 e. The number of amides is 1. The first-order valence-electron chi connectivity index (χ1n) is 7.85. The van der Waals surface area contributed by atoms with Crippen molar-refractivity contribution >= 4 is 28.0 Å². The van der Waals surface area contributed by atoms with Crippen LogP contribution in [0.5, 0.6) is 5.88 Å². The second-order valence-electron chi connectivity index (χ2n) is 4.45. The van der Waals surface area contributed by atoms with Crippen molar-refractivity contribution < 1.29 is 22.7 Å². The van der Waals surface area contributed by atoms with Crippen LogP contribution in [0.1, 0.15) is 25.1 Å². The molecule has 0 aliphatic rings. The van der Waals surface area contributed by atoms with Crippen molar-refractivity contribution in [2.24, 2.45) is 5.84 Å². The van der Waals surface area contributed by atoms with E-state index in [-0.39, 0.29) is 12.5 Å². The highest BCUT2D eigenvalue weighted by Crippen LogP contribution is 2.29. The Hall–Kier alpha value is -2.33. The van der Waals surface area contributed by atoms with Crippen molar-refractivity contribution in [3.05, 3.63) is 52.1 Å². The fourth-order valence-electron chi connectivity index (χ4n) is 1.74. The van der Waals surface area contributed by atoms with Gasteiger partial charge in [0.05, 0.1) is 0 Å². The summed E-state index contributed by atoms with van der Waals surface area (Å²) < 4.78 is 43.9. The van der Waals surface area contributed by atoms with Gasteiger partial charge in [0, 0.05) is 28.8 Å². The van der Waals surface area contributed by atoms with Gasteiger partial charge in [0.25, 0.3) is 0 Å². The number of hydrogen-bond donors (Lipinski definition) is 3. The Bertz CT molecular complexity index is 700. The van der Waals surface area contributed by atoms with Crippen molar-refractivity contribution in [2.75, 3.05) is 12.4 Å². The van der Waals surface area contributed by atoms with E-state index in [1.165, 1.54) is 12.1 Å². The summed E-state index contributed by atoms with van der Waals surface area (Å²) in [6.07, 6.45) is -4.08. The number of ether oxygens (including phenoxy) is 1. The molecule has 0 bridgehead atoms. The summed E-state index contributed by atoms with van der Waals surface area (Å²) in [5.74, 6) is 4.34. The first kappa shape index (κ1) is 24.7. The van der Waals surface area contributed by atoms with E-state index in [1.807, 2.05) is 32.0 Å². The van der Waals surface area contributed by atoms with Crippen LogP contribution in [0.15, 0.2) is 40.9 Å². The van der Waals surface area contributed by atoms with E-state index in [0.717, 1.165) is 21.8 Å². The quantitative estimate of drug-likeness (QED) is 0.276. The minimum atomic E-state index is -4.48. The van der Waals surface area contributed by atoms with Crippen molar-refractivity contribution in [2.45, 2.75) is 26.6 Å². The van der Waals surface area contributed by atoms with Crippen molar-refractivity contribution in [3.63, 3.8) is 0 Å². The Labute approximate surface area is 164 Å². The maximum Gasteiger partial charge on any atom is 0.433 e. The van der Waals surface area contributed by atoms with E-state index < -0.39 is 11.9 Å². The van der Waals surface area contributed by atoms with Crippen molar-refractivity contribution in [1.29, 1.82) is 0 Å². The van der Waals surface area contributed by atoms with Gasteiger partial charge in [-0.1, -0.05) is 41.9 Å². The third-order valence-corrected chi connectivity index (χ3v) is 3.58. The molecule has 150 valence electrons. The van der Waals surface area contributed by atoms with Crippen molar-refractivity contribution in [1.82, 2.24) is 10.4 Å². The van der Waals surface area contributed by atoms with Crippen LogP contribution < -0.4 is 21.3 Å². The number of nitrogens with zero attached hydrogens (tertiary/aromatic N) is 1. The monoisotopic (exact) mass is 450 g/mol. The third-order valence-electron chi connectivity index (χ3n) is 2.83. The van der Waals surface area contributed by atoms with E-state index in [0.29, 0.717) is 6.41 Å². The average molecular weight is 451 g/mol. The molecule has 10 heteroatoms. The summed E-state index contributed by atoms with van der Waals surface area (Å²) in [6.45, 7) is 4.10.